The molecule has 0 aliphatic heterocycles. The van der Waals surface area contributed by atoms with Crippen LogP contribution in [0.25, 0.3) is 21.5 Å². The fraction of sp³-hybridized carbons (Fsp3) is 0.0833. The zero-order chi connectivity index (χ0) is 26.2. The van der Waals surface area contributed by atoms with E-state index in [1.165, 1.54) is 0 Å². The molecule has 0 bridgehead atoms. The first-order valence-corrected chi connectivity index (χ1v) is 11.4. The van der Waals surface area contributed by atoms with Crippen molar-refractivity contribution in [2.75, 3.05) is 11.5 Å². The van der Waals surface area contributed by atoms with E-state index in [0.717, 1.165) is 44.0 Å². The summed E-state index contributed by atoms with van der Waals surface area (Å²) in [6.07, 6.45) is 6.67. The molecule has 0 aliphatic rings. The van der Waals surface area contributed by atoms with Crippen LogP contribution in [0.3, 0.4) is 0 Å². The summed E-state index contributed by atoms with van der Waals surface area (Å²) in [7, 11) is 0. The van der Waals surface area contributed by atoms with Gasteiger partial charge < -0.3 is 22.9 Å². The van der Waals surface area contributed by atoms with Crippen LogP contribution in [0.5, 0.6) is 0 Å². The van der Waals surface area contributed by atoms with E-state index in [1.807, 2.05) is 50.2 Å². The maximum absolute atomic E-state index is 5.97. The Hall–Kier alpha value is -3.93. The molecule has 10 nitrogen and oxygen atoms in total. The molecule has 4 aromatic rings. The molecule has 2 aromatic heterocycles. The Kier molecular flexibility index (Phi) is 10.6. The fourth-order valence-corrected chi connectivity index (χ4v) is 3.67. The van der Waals surface area contributed by atoms with Crippen molar-refractivity contribution < 1.29 is 16.5 Å². The Balaban J connectivity index is 0.000000253. The summed E-state index contributed by atoms with van der Waals surface area (Å²) in [6.45, 7) is 3.94. The molecule has 2 heterocycles. The van der Waals surface area contributed by atoms with Crippen LogP contribution in [0.1, 0.15) is 22.5 Å². The summed E-state index contributed by atoms with van der Waals surface area (Å²) < 4.78 is 0. The van der Waals surface area contributed by atoms with Gasteiger partial charge in [-0.25, -0.2) is 0 Å². The van der Waals surface area contributed by atoms with Gasteiger partial charge in [0.1, 0.15) is 0 Å². The van der Waals surface area contributed by atoms with Gasteiger partial charge in [0.2, 0.25) is 0 Å². The summed E-state index contributed by atoms with van der Waals surface area (Å²) in [5.41, 5.74) is 32.4. The van der Waals surface area contributed by atoms with Crippen molar-refractivity contribution in [1.29, 1.82) is 0 Å². The average Bonchev–Trinajstić information content (AvgIpc) is 2.82. The van der Waals surface area contributed by atoms with Crippen molar-refractivity contribution in [3.8, 4) is 0 Å². The maximum Gasteiger partial charge on any atom is 0.184 e. The smallest absolute Gasteiger partial charge is 0.184 e. The minimum atomic E-state index is 0. The van der Waals surface area contributed by atoms with E-state index in [4.69, 9.17) is 22.9 Å². The molecule has 0 fully saturated rings. The molecule has 0 atom stereocenters. The van der Waals surface area contributed by atoms with Crippen LogP contribution in [-0.2, 0) is 16.5 Å². The summed E-state index contributed by atoms with van der Waals surface area (Å²) >= 11 is 9.32. The summed E-state index contributed by atoms with van der Waals surface area (Å²) in [6, 6.07) is 11.4. The van der Waals surface area contributed by atoms with Gasteiger partial charge in [-0.15, -0.1) is 0 Å². The standard InChI is InChI=1S/2C12H13N5S.Ni/c2*1-7-5-15-10(6-16-17-12(14)18)8-3-2-4-9(13)11(7)8;/h2*2-6H,13H2,1H3,(H3,14,17,18);. The average molecular weight is 577 g/mol. The molecule has 0 saturated carbocycles. The second-order valence-electron chi connectivity index (χ2n) is 7.66. The van der Waals surface area contributed by atoms with Gasteiger partial charge in [0, 0.05) is 61.8 Å². The fourth-order valence-electron chi connectivity index (χ4n) is 3.57. The van der Waals surface area contributed by atoms with Gasteiger partial charge in [-0.1, -0.05) is 24.3 Å². The molecule has 0 unspecified atom stereocenters. The quantitative estimate of drug-likeness (QED) is 0.0695. The van der Waals surface area contributed by atoms with Crippen LogP contribution < -0.4 is 33.8 Å². The number of hydrogen-bond donors (Lipinski definition) is 6. The van der Waals surface area contributed by atoms with Gasteiger partial charge in [-0.2, -0.15) is 10.2 Å². The molecule has 0 saturated heterocycles. The first kappa shape index (κ1) is 29.3. The van der Waals surface area contributed by atoms with Crippen LogP contribution >= 0.6 is 24.4 Å². The van der Waals surface area contributed by atoms with Crippen molar-refractivity contribution >= 4 is 80.0 Å². The Labute approximate surface area is 234 Å². The number of anilines is 2. The van der Waals surface area contributed by atoms with Gasteiger partial charge in [-0.3, -0.25) is 20.8 Å². The molecule has 13 heteroatoms. The first-order chi connectivity index (χ1) is 17.2. The van der Waals surface area contributed by atoms with E-state index in [-0.39, 0.29) is 26.7 Å². The molecule has 0 aliphatic carbocycles. The number of rotatable bonds is 4. The van der Waals surface area contributed by atoms with Crippen molar-refractivity contribution in [2.45, 2.75) is 13.8 Å². The largest absolute Gasteiger partial charge is 0.398 e. The molecule has 194 valence electrons. The predicted octanol–water partition coefficient (Wildman–Crippen LogP) is 2.58. The number of benzene rings is 2. The van der Waals surface area contributed by atoms with Crippen LogP contribution in [0.4, 0.5) is 11.4 Å². The number of pyridine rings is 2. The van der Waals surface area contributed by atoms with Gasteiger partial charge in [0.05, 0.1) is 23.8 Å². The van der Waals surface area contributed by atoms with Gasteiger partial charge in [0.15, 0.2) is 10.2 Å². The number of aromatic nitrogens is 2. The second-order valence-corrected chi connectivity index (χ2v) is 8.54. The zero-order valence-corrected chi connectivity index (χ0v) is 22.6. The molecular weight excluding hydrogens is 551 g/mol. The number of aryl methyl sites for hydroxylation is 2. The molecule has 4 rings (SSSR count). The van der Waals surface area contributed by atoms with E-state index in [0.29, 0.717) is 11.4 Å². The van der Waals surface area contributed by atoms with Crippen LogP contribution in [-0.4, -0.2) is 32.6 Å². The van der Waals surface area contributed by atoms with Crippen LogP contribution in [0.15, 0.2) is 59.0 Å². The number of hydrazone groups is 2. The minimum absolute atomic E-state index is 0. The number of nitrogens with zero attached hydrogens (tertiary/aromatic N) is 4. The molecule has 0 spiro atoms. The first-order valence-electron chi connectivity index (χ1n) is 10.6. The Morgan fingerprint density at radius 3 is 1.49 bits per heavy atom. The minimum Gasteiger partial charge on any atom is -0.398 e. The Bertz CT molecular complexity index is 1370. The SMILES string of the molecule is Cc1cnc(C=NNC(N)=S)c2cccc(N)c12.Cc1cnc(C=NNC(N)=S)c2cccc(N)c12.[Ni]. The molecule has 10 N–H and O–H groups in total. The molecule has 0 radical (unpaired) electrons. The third-order valence-electron chi connectivity index (χ3n) is 5.05. The summed E-state index contributed by atoms with van der Waals surface area (Å²) in [5, 5.41) is 11.9. The van der Waals surface area contributed by atoms with Crippen LogP contribution in [0.2, 0.25) is 0 Å². The van der Waals surface area contributed by atoms with E-state index >= 15 is 0 Å². The number of nitrogen functional groups attached to an aromatic ring is 2. The van der Waals surface area contributed by atoms with E-state index < -0.39 is 0 Å². The number of hydrogen-bond acceptors (Lipinski definition) is 8. The molecule has 2 aromatic carbocycles. The molecular formula is C24H26N10NiS2. The predicted molar refractivity (Wildman–Crippen MR) is 157 cm³/mol. The van der Waals surface area contributed by atoms with Crippen LogP contribution in [0, 0.1) is 13.8 Å². The normalized spacial score (nSPS) is 10.6. The van der Waals surface area contributed by atoms with E-state index in [9.17, 15) is 0 Å². The van der Waals surface area contributed by atoms with E-state index in [1.54, 1.807) is 24.8 Å². The third-order valence-corrected chi connectivity index (χ3v) is 5.23. The van der Waals surface area contributed by atoms with Crippen molar-refractivity contribution in [3.05, 3.63) is 71.3 Å². The van der Waals surface area contributed by atoms with Crippen molar-refractivity contribution in [3.63, 3.8) is 0 Å². The van der Waals surface area contributed by atoms with Crippen molar-refractivity contribution in [2.24, 2.45) is 21.7 Å². The number of nitrogens with one attached hydrogen (secondary N) is 2. The number of fused-ring (bicyclic) bond motifs is 2. The maximum atomic E-state index is 5.97. The summed E-state index contributed by atoms with van der Waals surface area (Å²) in [4.78, 5) is 8.63. The van der Waals surface area contributed by atoms with Gasteiger partial charge >= 0.3 is 0 Å². The van der Waals surface area contributed by atoms with Gasteiger partial charge in [0.25, 0.3) is 0 Å². The van der Waals surface area contributed by atoms with Gasteiger partial charge in [-0.05, 0) is 61.5 Å². The Morgan fingerprint density at radius 1 is 0.757 bits per heavy atom. The monoisotopic (exact) mass is 576 g/mol. The number of nitrogens with two attached hydrogens (primary N) is 4. The third kappa shape index (κ3) is 7.53. The second kappa shape index (κ2) is 13.4. The summed E-state index contributed by atoms with van der Waals surface area (Å²) in [5.74, 6) is 0. The molecule has 0 amide bonds. The number of thiocarbonyl (C=S) groups is 2. The zero-order valence-electron chi connectivity index (χ0n) is 20.0. The Morgan fingerprint density at radius 2 is 1.14 bits per heavy atom. The molecule has 37 heavy (non-hydrogen) atoms. The van der Waals surface area contributed by atoms with Crippen molar-refractivity contribution in [1.82, 2.24) is 20.8 Å². The topological polar surface area (TPSA) is 179 Å². The van der Waals surface area contributed by atoms with E-state index in [2.05, 4.69) is 55.5 Å².